The van der Waals surface area contributed by atoms with Crippen molar-refractivity contribution in [2.75, 3.05) is 6.61 Å². The SMILES string of the molecule is CC(C)C(=O)NCc1ccc(C(F)(F)F)c(Cc2nc3cc(C(=O)NC4CCC(C(F)(F)F)CC4)c(OCC(F)F)nc3n2C)c1. The zero-order chi connectivity index (χ0) is 34.0. The highest BCUT2D eigenvalue weighted by Gasteiger charge is 2.41. The largest absolute Gasteiger partial charge is 0.471 e. The van der Waals surface area contributed by atoms with Crippen LogP contribution in [0.5, 0.6) is 5.88 Å². The number of aromatic nitrogens is 3. The van der Waals surface area contributed by atoms with E-state index in [9.17, 15) is 44.7 Å². The molecule has 0 spiro atoms. The van der Waals surface area contributed by atoms with E-state index in [0.29, 0.717) is 5.56 Å². The Kier molecular flexibility index (Phi) is 10.5. The number of hydrogen-bond donors (Lipinski definition) is 2. The second kappa shape index (κ2) is 13.8. The predicted molar refractivity (Wildman–Crippen MR) is 150 cm³/mol. The molecule has 3 aromatic rings. The number of fused-ring (bicyclic) bond motifs is 1. The molecular weight excluding hydrogens is 630 g/mol. The Labute approximate surface area is 258 Å². The third-order valence-corrected chi connectivity index (χ3v) is 7.83. The lowest BCUT2D eigenvalue weighted by Gasteiger charge is -2.30. The van der Waals surface area contributed by atoms with Crippen LogP contribution in [0.15, 0.2) is 24.3 Å². The summed E-state index contributed by atoms with van der Waals surface area (Å²) in [5, 5.41) is 5.27. The van der Waals surface area contributed by atoms with Crippen molar-refractivity contribution < 1.29 is 49.4 Å². The Morgan fingerprint density at radius 1 is 1.02 bits per heavy atom. The van der Waals surface area contributed by atoms with Crippen molar-refractivity contribution in [1.82, 2.24) is 25.2 Å². The molecule has 0 bridgehead atoms. The summed E-state index contributed by atoms with van der Waals surface area (Å²) in [4.78, 5) is 33.7. The number of benzene rings is 1. The van der Waals surface area contributed by atoms with Crippen molar-refractivity contribution in [3.8, 4) is 5.88 Å². The lowest BCUT2D eigenvalue weighted by Crippen LogP contribution is -2.40. The van der Waals surface area contributed by atoms with Crippen LogP contribution in [-0.2, 0) is 31.0 Å². The van der Waals surface area contributed by atoms with E-state index in [-0.39, 0.29) is 78.6 Å². The van der Waals surface area contributed by atoms with E-state index in [0.717, 1.165) is 6.07 Å². The maximum Gasteiger partial charge on any atom is 0.416 e. The van der Waals surface area contributed by atoms with E-state index < -0.39 is 54.7 Å². The average molecular weight is 664 g/mol. The molecule has 1 saturated carbocycles. The summed E-state index contributed by atoms with van der Waals surface area (Å²) in [7, 11) is 1.45. The first-order valence-corrected chi connectivity index (χ1v) is 14.6. The van der Waals surface area contributed by atoms with Crippen LogP contribution in [0.3, 0.4) is 0 Å². The highest BCUT2D eigenvalue weighted by Crippen LogP contribution is 2.38. The van der Waals surface area contributed by atoms with Crippen molar-refractivity contribution >= 4 is 23.0 Å². The summed E-state index contributed by atoms with van der Waals surface area (Å²) in [5.74, 6) is -3.29. The quantitative estimate of drug-likeness (QED) is 0.247. The summed E-state index contributed by atoms with van der Waals surface area (Å²) in [6.07, 6.45) is -12.6. The second-order valence-electron chi connectivity index (χ2n) is 11.6. The molecule has 2 N–H and O–H groups in total. The van der Waals surface area contributed by atoms with Crippen molar-refractivity contribution in [2.45, 2.75) is 77.3 Å². The summed E-state index contributed by atoms with van der Waals surface area (Å²) in [6.45, 7) is 2.23. The smallest absolute Gasteiger partial charge is 0.416 e. The monoisotopic (exact) mass is 663 g/mol. The fourth-order valence-electron chi connectivity index (χ4n) is 5.29. The Morgan fingerprint density at radius 3 is 2.28 bits per heavy atom. The fraction of sp³-hybridized carbons (Fsp3) is 0.533. The normalized spacial score (nSPS) is 17.5. The molecule has 1 fully saturated rings. The summed E-state index contributed by atoms with van der Waals surface area (Å²) >= 11 is 0. The van der Waals surface area contributed by atoms with Gasteiger partial charge in [-0.1, -0.05) is 26.0 Å². The van der Waals surface area contributed by atoms with Crippen LogP contribution >= 0.6 is 0 Å². The highest BCUT2D eigenvalue weighted by atomic mass is 19.4. The van der Waals surface area contributed by atoms with E-state index in [4.69, 9.17) is 4.74 Å². The number of rotatable bonds is 10. The third kappa shape index (κ3) is 8.43. The van der Waals surface area contributed by atoms with E-state index in [1.165, 1.54) is 29.8 Å². The number of ether oxygens (including phenoxy) is 1. The van der Waals surface area contributed by atoms with Crippen LogP contribution in [-0.4, -0.2) is 51.6 Å². The van der Waals surface area contributed by atoms with Crippen molar-refractivity contribution in [1.29, 1.82) is 0 Å². The first kappa shape index (κ1) is 34.9. The van der Waals surface area contributed by atoms with Gasteiger partial charge >= 0.3 is 12.4 Å². The zero-order valence-corrected chi connectivity index (χ0v) is 25.2. The molecule has 46 heavy (non-hydrogen) atoms. The topological polar surface area (TPSA) is 98.1 Å². The molecule has 1 aromatic carbocycles. The molecule has 0 saturated heterocycles. The van der Waals surface area contributed by atoms with Crippen LogP contribution in [0, 0.1) is 11.8 Å². The average Bonchev–Trinajstić information content (AvgIpc) is 3.27. The molecule has 8 nitrogen and oxygen atoms in total. The maximum absolute atomic E-state index is 13.9. The van der Waals surface area contributed by atoms with Crippen molar-refractivity contribution in [2.24, 2.45) is 18.9 Å². The minimum absolute atomic E-state index is 0.00654. The van der Waals surface area contributed by atoms with Gasteiger partial charge in [0.25, 0.3) is 12.3 Å². The van der Waals surface area contributed by atoms with Gasteiger partial charge in [-0.2, -0.15) is 31.3 Å². The molecule has 2 heterocycles. The minimum atomic E-state index is -4.71. The Hall–Kier alpha value is -3.98. The molecule has 0 atom stereocenters. The first-order chi connectivity index (χ1) is 21.4. The molecule has 0 unspecified atom stereocenters. The molecule has 16 heteroatoms. The van der Waals surface area contributed by atoms with Crippen LogP contribution in [0.4, 0.5) is 35.1 Å². The summed E-state index contributed by atoms with van der Waals surface area (Å²) < 4.78 is 113. The lowest BCUT2D eigenvalue weighted by atomic mass is 9.85. The van der Waals surface area contributed by atoms with Gasteiger partial charge in [-0.15, -0.1) is 0 Å². The molecular formula is C30H33F8N5O3. The van der Waals surface area contributed by atoms with E-state index in [2.05, 4.69) is 20.6 Å². The molecule has 4 rings (SSSR count). The molecule has 0 aliphatic heterocycles. The van der Waals surface area contributed by atoms with Crippen LogP contribution in [0.25, 0.3) is 11.2 Å². The van der Waals surface area contributed by atoms with E-state index in [1.807, 2.05) is 0 Å². The number of halogens is 8. The predicted octanol–water partition coefficient (Wildman–Crippen LogP) is 6.34. The van der Waals surface area contributed by atoms with Gasteiger partial charge in [0.2, 0.25) is 11.8 Å². The number of carbonyl (C=O) groups excluding carboxylic acids is 2. The van der Waals surface area contributed by atoms with Gasteiger partial charge in [-0.05, 0) is 48.9 Å². The molecule has 1 aliphatic rings. The van der Waals surface area contributed by atoms with Gasteiger partial charge in [0.1, 0.15) is 16.9 Å². The molecule has 2 aromatic heterocycles. The Balaban J connectivity index is 1.65. The van der Waals surface area contributed by atoms with E-state index >= 15 is 0 Å². The number of nitrogens with one attached hydrogen (secondary N) is 2. The van der Waals surface area contributed by atoms with Crippen LogP contribution in [0.2, 0.25) is 0 Å². The van der Waals surface area contributed by atoms with Crippen molar-refractivity contribution in [3.05, 3.63) is 52.3 Å². The molecule has 252 valence electrons. The standard InChI is InChI=1S/C30H33F8N5O3/c1-15(2)26(44)39-13-16-4-9-21(30(36,37)38)17(10-16)11-24-41-22-12-20(28(46-14-23(31)32)42-25(22)43(24)3)27(45)40-19-7-5-18(6-8-19)29(33,34)35/h4,9-10,12,15,18-19,23H,5-8,11,13-14H2,1-3H3,(H,39,44)(H,40,45). The second-order valence-corrected chi connectivity index (χ2v) is 11.6. The Bertz CT molecular complexity index is 1560. The number of carbonyl (C=O) groups is 2. The molecule has 0 radical (unpaired) electrons. The van der Waals surface area contributed by atoms with Gasteiger partial charge in [0, 0.05) is 32.0 Å². The molecule has 2 amide bonds. The van der Waals surface area contributed by atoms with Crippen LogP contribution < -0.4 is 15.4 Å². The third-order valence-electron chi connectivity index (χ3n) is 7.83. The summed E-state index contributed by atoms with van der Waals surface area (Å²) in [5.41, 5.74) is -0.858. The number of imidazole rings is 1. The lowest BCUT2D eigenvalue weighted by molar-refractivity contribution is -0.182. The number of amides is 2. The van der Waals surface area contributed by atoms with Gasteiger partial charge in [-0.25, -0.2) is 13.8 Å². The zero-order valence-electron chi connectivity index (χ0n) is 25.2. The number of aryl methyl sites for hydroxylation is 1. The minimum Gasteiger partial charge on any atom is -0.471 e. The van der Waals surface area contributed by atoms with Crippen LogP contribution in [0.1, 0.15) is 72.4 Å². The summed E-state index contributed by atoms with van der Waals surface area (Å²) in [6, 6.07) is 4.07. The van der Waals surface area contributed by atoms with Gasteiger partial charge in [-0.3, -0.25) is 9.59 Å². The number of nitrogens with zero attached hydrogens (tertiary/aromatic N) is 3. The fourth-order valence-corrected chi connectivity index (χ4v) is 5.29. The van der Waals surface area contributed by atoms with Gasteiger partial charge in [0.05, 0.1) is 11.5 Å². The number of hydrogen-bond acceptors (Lipinski definition) is 5. The van der Waals surface area contributed by atoms with Gasteiger partial charge in [0.15, 0.2) is 12.3 Å². The van der Waals surface area contributed by atoms with Gasteiger partial charge < -0.3 is 19.9 Å². The Morgan fingerprint density at radius 2 is 1.70 bits per heavy atom. The number of alkyl halides is 8. The molecule has 1 aliphatic carbocycles. The first-order valence-electron chi connectivity index (χ1n) is 14.6. The highest BCUT2D eigenvalue weighted by molar-refractivity contribution is 5.99. The number of pyridine rings is 1. The van der Waals surface area contributed by atoms with E-state index in [1.54, 1.807) is 13.8 Å². The van der Waals surface area contributed by atoms with Crippen molar-refractivity contribution in [3.63, 3.8) is 0 Å². The maximum atomic E-state index is 13.9.